The lowest BCUT2D eigenvalue weighted by Crippen LogP contribution is -2.50. The molecule has 0 aromatic carbocycles. The zero-order chi connectivity index (χ0) is 15.0. The van der Waals surface area contributed by atoms with Crippen molar-refractivity contribution in [3.05, 3.63) is 24.2 Å². The van der Waals surface area contributed by atoms with Crippen LogP contribution in [0, 0.1) is 0 Å². The molecule has 0 bridgehead atoms. The molecule has 2 atom stereocenters. The van der Waals surface area contributed by atoms with Gasteiger partial charge in [-0.15, -0.1) is 0 Å². The van der Waals surface area contributed by atoms with Crippen molar-refractivity contribution in [1.29, 1.82) is 0 Å². The second-order valence-corrected chi connectivity index (χ2v) is 4.48. The number of carboxylic acid groups (broad SMARTS) is 1. The third-order valence-electron chi connectivity index (χ3n) is 2.72. The van der Waals surface area contributed by atoms with Crippen molar-refractivity contribution >= 4 is 12.0 Å². The van der Waals surface area contributed by atoms with Gasteiger partial charge in [0.1, 0.15) is 5.76 Å². The summed E-state index contributed by atoms with van der Waals surface area (Å²) < 4.78 is 9.93. The molecule has 0 radical (unpaired) electrons. The molecule has 0 aliphatic rings. The SMILES string of the molecule is COCC(NC(=O)NC(C)CCc1ccco1)C(=O)O. The molecule has 2 amide bonds. The van der Waals surface area contributed by atoms with E-state index in [1.54, 1.807) is 6.26 Å². The number of aliphatic carboxylic acids is 1. The van der Waals surface area contributed by atoms with Crippen molar-refractivity contribution in [2.45, 2.75) is 31.8 Å². The van der Waals surface area contributed by atoms with Gasteiger partial charge in [-0.05, 0) is 25.5 Å². The van der Waals surface area contributed by atoms with Crippen LogP contribution in [0.2, 0.25) is 0 Å². The van der Waals surface area contributed by atoms with Crippen molar-refractivity contribution in [1.82, 2.24) is 10.6 Å². The van der Waals surface area contributed by atoms with Gasteiger partial charge in [-0.25, -0.2) is 9.59 Å². The monoisotopic (exact) mass is 284 g/mol. The first-order chi connectivity index (χ1) is 9.52. The Balaban J connectivity index is 2.31. The lowest BCUT2D eigenvalue weighted by molar-refractivity contribution is -0.140. The van der Waals surface area contributed by atoms with Crippen molar-refractivity contribution in [2.75, 3.05) is 13.7 Å². The van der Waals surface area contributed by atoms with Crippen molar-refractivity contribution in [3.8, 4) is 0 Å². The maximum absolute atomic E-state index is 11.6. The normalized spacial score (nSPS) is 13.5. The number of rotatable bonds is 8. The number of carbonyl (C=O) groups is 2. The Morgan fingerprint density at radius 3 is 2.75 bits per heavy atom. The highest BCUT2D eigenvalue weighted by atomic mass is 16.5. The third kappa shape index (κ3) is 5.75. The van der Waals surface area contributed by atoms with Gasteiger partial charge in [-0.3, -0.25) is 0 Å². The van der Waals surface area contributed by atoms with E-state index in [4.69, 9.17) is 14.3 Å². The molecule has 7 nitrogen and oxygen atoms in total. The van der Waals surface area contributed by atoms with Crippen LogP contribution in [0.1, 0.15) is 19.1 Å². The van der Waals surface area contributed by atoms with E-state index in [-0.39, 0.29) is 12.6 Å². The molecule has 0 spiro atoms. The average molecular weight is 284 g/mol. The first kappa shape index (κ1) is 16.0. The van der Waals surface area contributed by atoms with E-state index < -0.39 is 18.0 Å². The van der Waals surface area contributed by atoms with Gasteiger partial charge in [0.15, 0.2) is 6.04 Å². The Morgan fingerprint density at radius 2 is 2.20 bits per heavy atom. The molecular weight excluding hydrogens is 264 g/mol. The van der Waals surface area contributed by atoms with E-state index in [9.17, 15) is 9.59 Å². The fourth-order valence-corrected chi connectivity index (χ4v) is 1.65. The van der Waals surface area contributed by atoms with Gasteiger partial charge in [0.2, 0.25) is 0 Å². The summed E-state index contributed by atoms with van der Waals surface area (Å²) in [6.45, 7) is 1.76. The van der Waals surface area contributed by atoms with E-state index in [1.165, 1.54) is 7.11 Å². The number of methoxy groups -OCH3 is 1. The summed E-state index contributed by atoms with van der Waals surface area (Å²) in [5.74, 6) is -0.285. The topological polar surface area (TPSA) is 101 Å². The summed E-state index contributed by atoms with van der Waals surface area (Å²) in [5, 5.41) is 13.9. The van der Waals surface area contributed by atoms with Crippen molar-refractivity contribution in [3.63, 3.8) is 0 Å². The largest absolute Gasteiger partial charge is 0.480 e. The third-order valence-corrected chi connectivity index (χ3v) is 2.72. The first-order valence-electron chi connectivity index (χ1n) is 6.34. The van der Waals surface area contributed by atoms with E-state index in [0.29, 0.717) is 12.8 Å². The lowest BCUT2D eigenvalue weighted by Gasteiger charge is -2.17. The van der Waals surface area contributed by atoms with Crippen LogP contribution >= 0.6 is 0 Å². The van der Waals surface area contributed by atoms with Crippen LogP contribution in [0.15, 0.2) is 22.8 Å². The summed E-state index contributed by atoms with van der Waals surface area (Å²) in [6.07, 6.45) is 3.00. The van der Waals surface area contributed by atoms with Crippen molar-refractivity contribution in [2.24, 2.45) is 0 Å². The fourth-order valence-electron chi connectivity index (χ4n) is 1.65. The molecule has 1 heterocycles. The molecule has 7 heteroatoms. The Bertz CT molecular complexity index is 418. The molecule has 0 aliphatic carbocycles. The van der Waals surface area contributed by atoms with Gasteiger partial charge in [-0.2, -0.15) is 0 Å². The summed E-state index contributed by atoms with van der Waals surface area (Å²) >= 11 is 0. The number of hydrogen-bond acceptors (Lipinski definition) is 4. The van der Waals surface area contributed by atoms with Gasteiger partial charge in [0.25, 0.3) is 0 Å². The fraction of sp³-hybridized carbons (Fsp3) is 0.538. The zero-order valence-electron chi connectivity index (χ0n) is 11.6. The average Bonchev–Trinajstić information content (AvgIpc) is 2.88. The summed E-state index contributed by atoms with van der Waals surface area (Å²) in [5.41, 5.74) is 0. The molecule has 1 aromatic rings. The minimum atomic E-state index is -1.13. The number of aryl methyl sites for hydroxylation is 1. The Labute approximate surface area is 117 Å². The second-order valence-electron chi connectivity index (χ2n) is 4.48. The number of ether oxygens (including phenoxy) is 1. The van der Waals surface area contributed by atoms with Crippen molar-refractivity contribution < 1.29 is 23.8 Å². The van der Waals surface area contributed by atoms with Crippen LogP contribution in [0.3, 0.4) is 0 Å². The number of carboxylic acids is 1. The molecule has 0 saturated heterocycles. The van der Waals surface area contributed by atoms with E-state index >= 15 is 0 Å². The number of hydrogen-bond donors (Lipinski definition) is 3. The first-order valence-corrected chi connectivity index (χ1v) is 6.34. The standard InChI is InChI=1S/C13H20N2O5/c1-9(5-6-10-4-3-7-20-10)14-13(18)15-11(8-19-2)12(16)17/h3-4,7,9,11H,5-6,8H2,1-2H3,(H,16,17)(H2,14,15,18). The van der Waals surface area contributed by atoms with Crippen LogP contribution < -0.4 is 10.6 Å². The number of nitrogens with one attached hydrogen (secondary N) is 2. The predicted molar refractivity (Wildman–Crippen MR) is 71.5 cm³/mol. The molecule has 1 rings (SSSR count). The maximum atomic E-state index is 11.6. The van der Waals surface area contributed by atoms with Gasteiger partial charge < -0.3 is 24.9 Å². The Morgan fingerprint density at radius 1 is 1.45 bits per heavy atom. The molecule has 0 aliphatic heterocycles. The molecule has 112 valence electrons. The highest BCUT2D eigenvalue weighted by Gasteiger charge is 2.20. The molecule has 0 fully saturated rings. The number of urea groups is 1. The zero-order valence-corrected chi connectivity index (χ0v) is 11.6. The molecule has 1 aromatic heterocycles. The molecular formula is C13H20N2O5. The predicted octanol–water partition coefficient (Wildman–Crippen LogP) is 0.999. The number of amides is 2. The molecule has 2 unspecified atom stereocenters. The van der Waals surface area contributed by atoms with Crippen LogP contribution in [-0.4, -0.2) is 42.9 Å². The minimum absolute atomic E-state index is 0.0798. The van der Waals surface area contributed by atoms with E-state index in [1.807, 2.05) is 19.1 Å². The van der Waals surface area contributed by atoms with Gasteiger partial charge in [0.05, 0.1) is 12.9 Å². The Hall–Kier alpha value is -2.02. The van der Waals surface area contributed by atoms with E-state index in [2.05, 4.69) is 10.6 Å². The minimum Gasteiger partial charge on any atom is -0.480 e. The van der Waals surface area contributed by atoms with Crippen LogP contribution in [0.25, 0.3) is 0 Å². The number of furan rings is 1. The molecule has 0 saturated carbocycles. The second kappa shape index (κ2) is 8.21. The number of carbonyl (C=O) groups excluding carboxylic acids is 1. The maximum Gasteiger partial charge on any atom is 0.328 e. The highest BCUT2D eigenvalue weighted by molar-refractivity contribution is 5.82. The smallest absolute Gasteiger partial charge is 0.328 e. The Kier molecular flexibility index (Phi) is 6.58. The van der Waals surface area contributed by atoms with Gasteiger partial charge >= 0.3 is 12.0 Å². The molecule has 3 N–H and O–H groups in total. The summed E-state index contributed by atoms with van der Waals surface area (Å²) in [7, 11) is 1.38. The van der Waals surface area contributed by atoms with Crippen LogP contribution in [-0.2, 0) is 16.0 Å². The quantitative estimate of drug-likeness (QED) is 0.661. The van der Waals surface area contributed by atoms with Crippen LogP contribution in [0.5, 0.6) is 0 Å². The van der Waals surface area contributed by atoms with Crippen LogP contribution in [0.4, 0.5) is 4.79 Å². The van der Waals surface area contributed by atoms with E-state index in [0.717, 1.165) is 5.76 Å². The molecule has 20 heavy (non-hydrogen) atoms. The highest BCUT2D eigenvalue weighted by Crippen LogP contribution is 2.05. The summed E-state index contributed by atoms with van der Waals surface area (Å²) in [6, 6.07) is 1.99. The lowest BCUT2D eigenvalue weighted by atomic mass is 10.1. The van der Waals surface area contributed by atoms with Gasteiger partial charge in [0, 0.05) is 19.6 Å². The van der Waals surface area contributed by atoms with Gasteiger partial charge in [-0.1, -0.05) is 0 Å². The summed E-state index contributed by atoms with van der Waals surface area (Å²) in [4.78, 5) is 22.5.